The molecule has 1 aromatic carbocycles. The zero-order chi connectivity index (χ0) is 50.9. The Morgan fingerprint density at radius 3 is 2.01 bits per heavy atom. The van der Waals surface area contributed by atoms with Gasteiger partial charge in [-0.25, -0.2) is 9.78 Å². The Labute approximate surface area is 397 Å². The van der Waals surface area contributed by atoms with Crippen molar-refractivity contribution in [2.24, 2.45) is 17.4 Å². The topological polar surface area (TPSA) is 391 Å². The van der Waals surface area contributed by atoms with E-state index in [2.05, 4.69) is 41.9 Å². The Hall–Kier alpha value is -6.99. The van der Waals surface area contributed by atoms with Crippen molar-refractivity contribution in [2.75, 3.05) is 26.2 Å². The number of nitrogens with one attached hydrogen (secondary N) is 7. The number of H-pyrrole nitrogens is 1. The molecule has 2 aliphatic heterocycles. The van der Waals surface area contributed by atoms with Crippen molar-refractivity contribution < 1.29 is 63.3 Å². The van der Waals surface area contributed by atoms with E-state index in [0.717, 1.165) is 5.56 Å². The second-order valence-corrected chi connectivity index (χ2v) is 17.4. The Bertz CT molecular complexity index is 2140. The van der Waals surface area contributed by atoms with E-state index in [1.54, 1.807) is 44.2 Å². The van der Waals surface area contributed by atoms with Gasteiger partial charge in [0.1, 0.15) is 36.3 Å². The number of nitrogens with zero attached hydrogens (tertiary/aromatic N) is 3. The molecule has 2 fully saturated rings. The number of aromatic amines is 1. The highest BCUT2D eigenvalue weighted by Gasteiger charge is 2.45. The molecule has 14 N–H and O–H groups in total. The van der Waals surface area contributed by atoms with Crippen LogP contribution in [0.3, 0.4) is 0 Å². The number of aliphatic carboxylic acids is 1. The third kappa shape index (κ3) is 15.8. The van der Waals surface area contributed by atoms with Crippen LogP contribution in [-0.2, 0) is 60.8 Å². The lowest BCUT2D eigenvalue weighted by Gasteiger charge is -2.34. The lowest BCUT2D eigenvalue weighted by molar-refractivity contribution is -0.150. The third-order valence-electron chi connectivity index (χ3n) is 11.7. The molecule has 0 radical (unpaired) electrons. The SMILES string of the molecule is CC(C)[C@H](NC(=O)[C@H](Cc1c[nH]cn1)NC(=O)[C@H](CO)NC(=O)CNC(=O)[C@H](CCC(N)=O)NC(=O)[C@@H](N)Cc1ccccc1)C(=O)N1CCC[C@H]1C(=O)N1CCC[C@H]1C(=O)N[C@H](C(=O)O)[C@@H](C)O. The zero-order valence-electron chi connectivity index (χ0n) is 38.7. The zero-order valence-corrected chi connectivity index (χ0v) is 38.7. The van der Waals surface area contributed by atoms with Crippen LogP contribution in [-0.4, -0.2) is 175 Å². The molecular weight excluding hydrogens is 905 g/mol. The largest absolute Gasteiger partial charge is 0.480 e. The summed E-state index contributed by atoms with van der Waals surface area (Å²) in [6.07, 6.45) is 2.08. The summed E-state index contributed by atoms with van der Waals surface area (Å²) in [5, 5.41) is 44.0. The first-order valence-corrected chi connectivity index (χ1v) is 22.7. The number of aliphatic hydroxyl groups is 2. The van der Waals surface area contributed by atoms with Crippen LogP contribution in [0.15, 0.2) is 42.9 Å². The van der Waals surface area contributed by atoms with Crippen molar-refractivity contribution >= 4 is 59.1 Å². The molecule has 0 aliphatic carbocycles. The van der Waals surface area contributed by atoms with Crippen molar-refractivity contribution in [1.82, 2.24) is 51.7 Å². The number of primary amides is 1. The molecule has 0 saturated carbocycles. The molecule has 0 spiro atoms. The minimum Gasteiger partial charge on any atom is -0.480 e. The summed E-state index contributed by atoms with van der Waals surface area (Å²) in [6, 6.07) is -1.55. The molecule has 2 aromatic rings. The molecule has 2 aliphatic rings. The number of aromatic nitrogens is 2. The lowest BCUT2D eigenvalue weighted by atomic mass is 10.0. The van der Waals surface area contributed by atoms with Crippen LogP contribution in [0.1, 0.15) is 70.6 Å². The maximum Gasteiger partial charge on any atom is 0.328 e. The molecule has 69 heavy (non-hydrogen) atoms. The molecule has 0 unspecified atom stereocenters. The number of hydrogen-bond acceptors (Lipinski definition) is 14. The van der Waals surface area contributed by atoms with Gasteiger partial charge >= 0.3 is 5.97 Å². The number of amides is 9. The molecule has 378 valence electrons. The molecular formula is C44H64N12O13. The van der Waals surface area contributed by atoms with Gasteiger partial charge in [-0.05, 0) is 56.9 Å². The quantitative estimate of drug-likeness (QED) is 0.0446. The van der Waals surface area contributed by atoms with E-state index in [-0.39, 0.29) is 51.6 Å². The Kier molecular flexibility index (Phi) is 20.5. The highest BCUT2D eigenvalue weighted by atomic mass is 16.4. The summed E-state index contributed by atoms with van der Waals surface area (Å²) in [4.78, 5) is 141. The average Bonchev–Trinajstić information content (AvgIpc) is 4.12. The van der Waals surface area contributed by atoms with Crippen LogP contribution in [0.4, 0.5) is 0 Å². The highest BCUT2D eigenvalue weighted by molar-refractivity contribution is 5.98. The van der Waals surface area contributed by atoms with Crippen LogP contribution in [0.5, 0.6) is 0 Å². The molecule has 2 saturated heterocycles. The van der Waals surface area contributed by atoms with Crippen LogP contribution >= 0.6 is 0 Å². The summed E-state index contributed by atoms with van der Waals surface area (Å²) in [6.45, 7) is 3.11. The fraction of sp³-hybridized carbons (Fsp3) is 0.568. The summed E-state index contributed by atoms with van der Waals surface area (Å²) in [5.41, 5.74) is 12.4. The Morgan fingerprint density at radius 1 is 0.783 bits per heavy atom. The van der Waals surface area contributed by atoms with Crippen molar-refractivity contribution in [1.29, 1.82) is 0 Å². The van der Waals surface area contributed by atoms with Gasteiger partial charge in [-0.15, -0.1) is 0 Å². The monoisotopic (exact) mass is 968 g/mol. The number of imidazole rings is 1. The molecule has 0 bridgehead atoms. The van der Waals surface area contributed by atoms with Crippen LogP contribution < -0.4 is 43.4 Å². The molecule has 4 rings (SSSR count). The lowest BCUT2D eigenvalue weighted by Crippen LogP contribution is -2.61. The van der Waals surface area contributed by atoms with Crippen molar-refractivity contribution in [2.45, 2.75) is 127 Å². The van der Waals surface area contributed by atoms with Gasteiger partial charge in [0, 0.05) is 32.1 Å². The normalized spacial score (nSPS) is 18.7. The minimum absolute atomic E-state index is 0.138. The van der Waals surface area contributed by atoms with Crippen molar-refractivity contribution in [3.05, 3.63) is 54.1 Å². The maximum atomic E-state index is 14.3. The number of carboxylic acids is 1. The molecule has 1 aromatic heterocycles. The van der Waals surface area contributed by atoms with Gasteiger partial charge in [0.15, 0.2) is 6.04 Å². The first-order chi connectivity index (χ1) is 32.7. The number of hydrogen-bond donors (Lipinski definition) is 12. The van der Waals surface area contributed by atoms with Gasteiger partial charge in [-0.2, -0.15) is 0 Å². The number of carbonyl (C=O) groups excluding carboxylic acids is 9. The number of carbonyl (C=O) groups is 10. The van der Waals surface area contributed by atoms with Crippen LogP contribution in [0.25, 0.3) is 0 Å². The molecule has 9 amide bonds. The van der Waals surface area contributed by atoms with E-state index in [1.165, 1.54) is 29.2 Å². The van der Waals surface area contributed by atoms with Gasteiger partial charge in [-0.1, -0.05) is 44.2 Å². The summed E-state index contributed by atoms with van der Waals surface area (Å²) in [7, 11) is 0. The highest BCUT2D eigenvalue weighted by Crippen LogP contribution is 2.27. The Balaban J connectivity index is 1.40. The standard InChI is InChI=1S/C44H64N12O13/c1-23(2)35(43(67)56-16-8-12-32(56)42(66)55-15-7-11-31(55)41(65)54-36(24(3)58)44(68)69)53-39(63)29(18-26-19-47-22-49-26)52-40(64)30(21-57)50-34(60)20-48-38(62)28(13-14-33(46)59)51-37(61)27(45)17-25-9-5-4-6-10-25/h4-6,9-10,19,22-24,27-32,35-36,57-58H,7-8,11-18,20-21,45H2,1-3H3,(H2,46,59)(H,47,49)(H,48,62)(H,50,60)(H,51,61)(H,52,64)(H,53,63)(H,54,65)(H,68,69)/t24-,27+,28+,29+,30+,31+,32+,35+,36+/m1/s1. The number of benzene rings is 1. The number of rotatable bonds is 25. The van der Waals surface area contributed by atoms with E-state index in [0.29, 0.717) is 18.5 Å². The first-order valence-electron chi connectivity index (χ1n) is 22.7. The van der Waals surface area contributed by atoms with Gasteiger partial charge in [0.2, 0.25) is 53.2 Å². The first kappa shape index (κ1) is 54.6. The molecule has 25 nitrogen and oxygen atoms in total. The Morgan fingerprint density at radius 2 is 1.42 bits per heavy atom. The van der Waals surface area contributed by atoms with Gasteiger partial charge in [0.25, 0.3) is 0 Å². The van der Waals surface area contributed by atoms with Gasteiger partial charge < -0.3 is 73.5 Å². The van der Waals surface area contributed by atoms with Gasteiger partial charge in [-0.3, -0.25) is 43.2 Å². The minimum atomic E-state index is -1.66. The summed E-state index contributed by atoms with van der Waals surface area (Å²) >= 11 is 0. The van der Waals surface area contributed by atoms with Crippen molar-refractivity contribution in [3.63, 3.8) is 0 Å². The number of carboxylic acid groups (broad SMARTS) is 1. The third-order valence-corrected chi connectivity index (χ3v) is 11.7. The predicted molar refractivity (Wildman–Crippen MR) is 242 cm³/mol. The molecule has 3 heterocycles. The average molecular weight is 969 g/mol. The van der Waals surface area contributed by atoms with E-state index in [1.807, 2.05) is 0 Å². The van der Waals surface area contributed by atoms with E-state index in [9.17, 15) is 63.3 Å². The molecule has 25 heteroatoms. The maximum absolute atomic E-state index is 14.3. The summed E-state index contributed by atoms with van der Waals surface area (Å²) in [5.74, 6) is -9.12. The number of nitrogens with two attached hydrogens (primary N) is 2. The van der Waals surface area contributed by atoms with Crippen molar-refractivity contribution in [3.8, 4) is 0 Å². The number of likely N-dealkylation sites (tertiary alicyclic amines) is 2. The molecule has 9 atom stereocenters. The van der Waals surface area contributed by atoms with Gasteiger partial charge in [0.05, 0.1) is 37.3 Å². The second-order valence-electron chi connectivity index (χ2n) is 17.4. The second kappa shape index (κ2) is 26.0. The predicted octanol–water partition coefficient (Wildman–Crippen LogP) is -4.58. The fourth-order valence-corrected chi connectivity index (χ4v) is 7.98. The number of aliphatic hydroxyl groups excluding tert-OH is 2. The smallest absolute Gasteiger partial charge is 0.328 e. The van der Waals surface area contributed by atoms with E-state index in [4.69, 9.17) is 11.5 Å². The fourth-order valence-electron chi connectivity index (χ4n) is 7.98. The van der Waals surface area contributed by atoms with Crippen LogP contribution in [0, 0.1) is 5.92 Å². The van der Waals surface area contributed by atoms with E-state index < -0.39 is 133 Å². The van der Waals surface area contributed by atoms with E-state index >= 15 is 0 Å². The van der Waals surface area contributed by atoms with Crippen LogP contribution in [0.2, 0.25) is 0 Å². The summed E-state index contributed by atoms with van der Waals surface area (Å²) < 4.78 is 0.